The van der Waals surface area contributed by atoms with Crippen LogP contribution in [0.2, 0.25) is 0 Å². The summed E-state index contributed by atoms with van der Waals surface area (Å²) in [6.07, 6.45) is 1.78. The highest BCUT2D eigenvalue weighted by Crippen LogP contribution is 1.78. The molecule has 1 rings (SSSR count). The fraction of sp³-hybridized carbons (Fsp3) is 0.750. The number of hydrazone groups is 1. The van der Waals surface area contributed by atoms with Gasteiger partial charge in [0.1, 0.15) is 6.34 Å². The lowest BCUT2D eigenvalue weighted by Crippen LogP contribution is -2.31. The molecule has 0 aromatic carbocycles. The topological polar surface area (TPSA) is 27.6 Å². The minimum Gasteiger partial charge on any atom is -0.362 e. The Bertz CT molecular complexity index is 79.0. The first-order valence-corrected chi connectivity index (χ1v) is 2.36. The third-order valence-corrected chi connectivity index (χ3v) is 0.922. The van der Waals surface area contributed by atoms with E-state index in [0.29, 0.717) is 0 Å². The first-order chi connectivity index (χ1) is 3.39. The Morgan fingerprint density at radius 2 is 2.71 bits per heavy atom. The van der Waals surface area contributed by atoms with E-state index in [1.54, 1.807) is 6.34 Å². The molecule has 1 N–H and O–H groups in total. The molecule has 1 aliphatic heterocycles. The molecule has 3 heteroatoms. The minimum absolute atomic E-state index is 0.965. The fourth-order valence-electron chi connectivity index (χ4n) is 0.488. The summed E-state index contributed by atoms with van der Waals surface area (Å²) in [5.74, 6) is 0. The van der Waals surface area contributed by atoms with Crippen LogP contribution in [0.25, 0.3) is 0 Å². The Labute approximate surface area is 43.0 Å². The van der Waals surface area contributed by atoms with Gasteiger partial charge in [0.25, 0.3) is 0 Å². The third-order valence-electron chi connectivity index (χ3n) is 0.922. The van der Waals surface area contributed by atoms with Crippen molar-refractivity contribution in [2.75, 3.05) is 20.1 Å². The molecule has 0 saturated heterocycles. The Balaban J connectivity index is 2.36. The quantitative estimate of drug-likeness (QED) is 0.442. The highest BCUT2D eigenvalue weighted by atomic mass is 15.4. The summed E-state index contributed by atoms with van der Waals surface area (Å²) in [5, 5.41) is 3.81. The monoisotopic (exact) mass is 99.1 g/mol. The summed E-state index contributed by atoms with van der Waals surface area (Å²) in [7, 11) is 2.00. The van der Waals surface area contributed by atoms with Gasteiger partial charge in [0.15, 0.2) is 0 Å². The zero-order valence-electron chi connectivity index (χ0n) is 4.39. The van der Waals surface area contributed by atoms with Crippen molar-refractivity contribution in [1.82, 2.24) is 10.3 Å². The van der Waals surface area contributed by atoms with E-state index in [9.17, 15) is 0 Å². The van der Waals surface area contributed by atoms with Crippen molar-refractivity contribution in [3.63, 3.8) is 0 Å². The molecule has 0 unspecified atom stereocenters. The molecular formula is C4H9N3. The van der Waals surface area contributed by atoms with Gasteiger partial charge in [0, 0.05) is 13.6 Å². The molecule has 0 amide bonds. The van der Waals surface area contributed by atoms with E-state index in [-0.39, 0.29) is 0 Å². The lowest BCUT2D eigenvalue weighted by molar-refractivity contribution is 0.466. The van der Waals surface area contributed by atoms with Gasteiger partial charge >= 0.3 is 0 Å². The largest absolute Gasteiger partial charge is 0.362 e. The standard InChI is InChI=1S/C4H9N3/c1-7-3-2-5-6-4-7/h4-5H,2-3H2,1H3. The van der Waals surface area contributed by atoms with Crippen LogP contribution in [0.3, 0.4) is 0 Å². The Morgan fingerprint density at radius 1 is 1.86 bits per heavy atom. The van der Waals surface area contributed by atoms with Crippen LogP contribution in [0, 0.1) is 0 Å². The normalized spacial score (nSPS) is 19.3. The molecule has 0 fully saturated rings. The van der Waals surface area contributed by atoms with Crippen LogP contribution in [-0.2, 0) is 0 Å². The molecule has 7 heavy (non-hydrogen) atoms. The zero-order valence-corrected chi connectivity index (χ0v) is 4.39. The molecule has 0 bridgehead atoms. The molecule has 0 atom stereocenters. The number of rotatable bonds is 0. The summed E-state index contributed by atoms with van der Waals surface area (Å²) in [4.78, 5) is 2.04. The molecule has 1 aliphatic rings. The summed E-state index contributed by atoms with van der Waals surface area (Å²) in [6.45, 7) is 2.02. The van der Waals surface area contributed by atoms with Crippen molar-refractivity contribution in [3.05, 3.63) is 0 Å². The van der Waals surface area contributed by atoms with Gasteiger partial charge in [-0.25, -0.2) is 0 Å². The van der Waals surface area contributed by atoms with Crippen LogP contribution in [0.5, 0.6) is 0 Å². The van der Waals surface area contributed by atoms with E-state index >= 15 is 0 Å². The molecular weight excluding hydrogens is 90.1 g/mol. The Hall–Kier alpha value is -0.730. The van der Waals surface area contributed by atoms with Crippen molar-refractivity contribution in [2.45, 2.75) is 0 Å². The minimum atomic E-state index is 0.965. The van der Waals surface area contributed by atoms with Crippen molar-refractivity contribution < 1.29 is 0 Å². The maximum Gasteiger partial charge on any atom is 0.111 e. The molecule has 0 radical (unpaired) electrons. The van der Waals surface area contributed by atoms with Crippen LogP contribution >= 0.6 is 0 Å². The van der Waals surface area contributed by atoms with Crippen LogP contribution in [0.4, 0.5) is 0 Å². The number of hydrogen-bond donors (Lipinski definition) is 1. The van der Waals surface area contributed by atoms with Crippen molar-refractivity contribution >= 4 is 6.34 Å². The third kappa shape index (κ3) is 1.07. The second-order valence-electron chi connectivity index (χ2n) is 1.63. The Morgan fingerprint density at radius 3 is 3.00 bits per heavy atom. The average molecular weight is 99.1 g/mol. The first kappa shape index (κ1) is 4.43. The summed E-state index contributed by atoms with van der Waals surface area (Å²) < 4.78 is 0. The van der Waals surface area contributed by atoms with Crippen molar-refractivity contribution in [2.24, 2.45) is 5.10 Å². The van der Waals surface area contributed by atoms with Gasteiger partial charge in [-0.1, -0.05) is 0 Å². The molecule has 0 aromatic rings. The van der Waals surface area contributed by atoms with Gasteiger partial charge in [-0.15, -0.1) is 0 Å². The highest BCUT2D eigenvalue weighted by Gasteiger charge is 1.93. The zero-order chi connectivity index (χ0) is 5.11. The number of nitrogens with zero attached hydrogens (tertiary/aromatic N) is 2. The van der Waals surface area contributed by atoms with E-state index in [4.69, 9.17) is 0 Å². The first-order valence-electron chi connectivity index (χ1n) is 2.36. The van der Waals surface area contributed by atoms with Gasteiger partial charge in [0.05, 0.1) is 6.54 Å². The maximum atomic E-state index is 3.81. The molecule has 40 valence electrons. The lowest BCUT2D eigenvalue weighted by Gasteiger charge is -2.16. The van der Waals surface area contributed by atoms with Gasteiger partial charge < -0.3 is 10.3 Å². The van der Waals surface area contributed by atoms with Crippen LogP contribution < -0.4 is 5.43 Å². The Kier molecular flexibility index (Phi) is 1.15. The number of hydrogen-bond acceptors (Lipinski definition) is 3. The van der Waals surface area contributed by atoms with E-state index in [2.05, 4.69) is 10.5 Å². The SMILES string of the molecule is CN1C=NNCC1. The summed E-state index contributed by atoms with van der Waals surface area (Å²) in [6, 6.07) is 0. The lowest BCUT2D eigenvalue weighted by atomic mass is 10.6. The second kappa shape index (κ2) is 1.82. The van der Waals surface area contributed by atoms with Crippen LogP contribution in [0.1, 0.15) is 0 Å². The van der Waals surface area contributed by atoms with E-state index in [1.807, 2.05) is 11.9 Å². The molecule has 3 nitrogen and oxygen atoms in total. The highest BCUT2D eigenvalue weighted by molar-refractivity contribution is 5.54. The maximum absolute atomic E-state index is 3.81. The average Bonchev–Trinajstić information content (AvgIpc) is 1.69. The predicted molar refractivity (Wildman–Crippen MR) is 29.1 cm³/mol. The fourth-order valence-corrected chi connectivity index (χ4v) is 0.488. The second-order valence-corrected chi connectivity index (χ2v) is 1.63. The summed E-state index contributed by atoms with van der Waals surface area (Å²) >= 11 is 0. The molecule has 0 saturated carbocycles. The molecule has 0 spiro atoms. The van der Waals surface area contributed by atoms with Crippen LogP contribution in [0.15, 0.2) is 5.10 Å². The van der Waals surface area contributed by atoms with E-state index in [1.165, 1.54) is 0 Å². The summed E-state index contributed by atoms with van der Waals surface area (Å²) in [5.41, 5.74) is 2.84. The van der Waals surface area contributed by atoms with Crippen molar-refractivity contribution in [3.8, 4) is 0 Å². The smallest absolute Gasteiger partial charge is 0.111 e. The van der Waals surface area contributed by atoms with Crippen molar-refractivity contribution in [1.29, 1.82) is 0 Å². The number of likely N-dealkylation sites (N-methyl/N-ethyl adjacent to an activating group) is 1. The molecule has 0 aliphatic carbocycles. The molecule has 0 aromatic heterocycles. The van der Waals surface area contributed by atoms with Gasteiger partial charge in [-0.3, -0.25) is 0 Å². The van der Waals surface area contributed by atoms with E-state index in [0.717, 1.165) is 13.1 Å². The van der Waals surface area contributed by atoms with Gasteiger partial charge in [-0.2, -0.15) is 5.10 Å². The number of nitrogens with one attached hydrogen (secondary N) is 1. The van der Waals surface area contributed by atoms with Gasteiger partial charge in [-0.05, 0) is 0 Å². The van der Waals surface area contributed by atoms with E-state index < -0.39 is 0 Å². The van der Waals surface area contributed by atoms with Gasteiger partial charge in [0.2, 0.25) is 0 Å². The van der Waals surface area contributed by atoms with Crippen LogP contribution in [-0.4, -0.2) is 31.4 Å². The predicted octanol–water partition coefficient (Wildman–Crippen LogP) is -0.535. The molecule has 1 heterocycles.